The Hall–Kier alpha value is -0.730. The number of rotatable bonds is 6. The molecule has 1 unspecified atom stereocenters. The van der Waals surface area contributed by atoms with Gasteiger partial charge in [-0.2, -0.15) is 11.8 Å². The number of hydrogen-bond acceptors (Lipinski definition) is 5. The normalized spacial score (nSPS) is 13.8. The van der Waals surface area contributed by atoms with Gasteiger partial charge in [-0.3, -0.25) is 0 Å². The molecule has 17 heavy (non-hydrogen) atoms. The maximum atomic E-state index is 12.0. The molecule has 0 saturated carbocycles. The summed E-state index contributed by atoms with van der Waals surface area (Å²) >= 11 is 1.69. The van der Waals surface area contributed by atoms with Crippen molar-refractivity contribution in [2.24, 2.45) is 13.0 Å². The molecule has 1 aromatic heterocycles. The van der Waals surface area contributed by atoms with E-state index in [4.69, 9.17) is 5.73 Å². The highest BCUT2D eigenvalue weighted by atomic mass is 32.2. The highest BCUT2D eigenvalue weighted by Gasteiger charge is 2.22. The van der Waals surface area contributed by atoms with E-state index in [1.165, 1.54) is 10.9 Å². The van der Waals surface area contributed by atoms with Crippen molar-refractivity contribution in [2.75, 3.05) is 24.3 Å². The van der Waals surface area contributed by atoms with E-state index in [9.17, 15) is 8.42 Å². The fourth-order valence-corrected chi connectivity index (χ4v) is 3.51. The van der Waals surface area contributed by atoms with Gasteiger partial charge in [-0.25, -0.2) is 18.1 Å². The van der Waals surface area contributed by atoms with E-state index in [2.05, 4.69) is 9.71 Å². The second kappa shape index (κ2) is 5.74. The molecule has 0 aromatic carbocycles. The highest BCUT2D eigenvalue weighted by Crippen LogP contribution is 2.15. The summed E-state index contributed by atoms with van der Waals surface area (Å²) in [5.74, 6) is 1.20. The van der Waals surface area contributed by atoms with Gasteiger partial charge in [-0.05, 0) is 17.9 Å². The first-order valence-corrected chi connectivity index (χ1v) is 8.01. The number of anilines is 1. The topological polar surface area (TPSA) is 90.0 Å². The molecule has 6 nitrogen and oxygen atoms in total. The molecule has 0 saturated heterocycles. The molecule has 0 fully saturated rings. The SMILES string of the molecule is CSCC(C)CNS(=O)(=O)c1c(N)ncn1C. The number of sulfonamides is 1. The van der Waals surface area contributed by atoms with Crippen molar-refractivity contribution in [1.82, 2.24) is 14.3 Å². The first-order chi connectivity index (χ1) is 7.88. The van der Waals surface area contributed by atoms with Crippen LogP contribution in [-0.2, 0) is 17.1 Å². The number of nitrogens with two attached hydrogens (primary N) is 1. The summed E-state index contributed by atoms with van der Waals surface area (Å²) in [5, 5.41) is 0.0221. The van der Waals surface area contributed by atoms with E-state index in [0.29, 0.717) is 6.54 Å². The summed E-state index contributed by atoms with van der Waals surface area (Å²) in [6.45, 7) is 2.39. The molecule has 98 valence electrons. The first-order valence-electron chi connectivity index (χ1n) is 5.14. The number of hydrogen-bond donors (Lipinski definition) is 2. The monoisotopic (exact) mass is 278 g/mol. The molecule has 8 heteroatoms. The number of nitrogens with one attached hydrogen (secondary N) is 1. The standard InChI is InChI=1S/C9H18N4O2S2/c1-7(5-16-3)4-12-17(14,15)9-8(10)11-6-13(9)2/h6-7,12H,4-5,10H2,1-3H3. The quantitative estimate of drug-likeness (QED) is 0.780. The van der Waals surface area contributed by atoms with Gasteiger partial charge in [0, 0.05) is 13.6 Å². The molecule has 0 aliphatic heterocycles. The highest BCUT2D eigenvalue weighted by molar-refractivity contribution is 7.98. The summed E-state index contributed by atoms with van der Waals surface area (Å²) < 4.78 is 27.9. The minimum atomic E-state index is -3.58. The van der Waals surface area contributed by atoms with Gasteiger partial charge in [0.15, 0.2) is 10.8 Å². The van der Waals surface area contributed by atoms with Crippen LogP contribution in [0.4, 0.5) is 5.82 Å². The van der Waals surface area contributed by atoms with Crippen LogP contribution in [0.2, 0.25) is 0 Å². The molecule has 1 atom stereocenters. The van der Waals surface area contributed by atoms with Gasteiger partial charge >= 0.3 is 0 Å². The number of nitrogens with zero attached hydrogens (tertiary/aromatic N) is 2. The summed E-state index contributed by atoms with van der Waals surface area (Å²) in [6.07, 6.45) is 3.37. The average molecular weight is 278 g/mol. The summed E-state index contributed by atoms with van der Waals surface area (Å²) in [4.78, 5) is 3.76. The third kappa shape index (κ3) is 3.62. The van der Waals surface area contributed by atoms with Crippen LogP contribution in [-0.4, -0.2) is 36.5 Å². The van der Waals surface area contributed by atoms with E-state index in [0.717, 1.165) is 5.75 Å². The van der Waals surface area contributed by atoms with Crippen LogP contribution in [0.1, 0.15) is 6.92 Å². The summed E-state index contributed by atoms with van der Waals surface area (Å²) in [6, 6.07) is 0. The largest absolute Gasteiger partial charge is 0.381 e. The number of imidazole rings is 1. The molecular formula is C9H18N4O2S2. The Morgan fingerprint density at radius 3 is 2.76 bits per heavy atom. The fraction of sp³-hybridized carbons (Fsp3) is 0.667. The molecule has 0 aliphatic rings. The minimum absolute atomic E-state index is 0.0221. The van der Waals surface area contributed by atoms with Gasteiger partial charge in [-0.15, -0.1) is 0 Å². The second-order valence-electron chi connectivity index (χ2n) is 3.96. The summed E-state index contributed by atoms with van der Waals surface area (Å²) in [7, 11) is -1.98. The van der Waals surface area contributed by atoms with Gasteiger partial charge in [0.2, 0.25) is 0 Å². The van der Waals surface area contributed by atoms with Crippen LogP contribution in [0.15, 0.2) is 11.4 Å². The minimum Gasteiger partial charge on any atom is -0.381 e. The number of aryl methyl sites for hydroxylation is 1. The predicted molar refractivity (Wildman–Crippen MR) is 70.4 cm³/mol. The lowest BCUT2D eigenvalue weighted by molar-refractivity contribution is 0.554. The lowest BCUT2D eigenvalue weighted by Gasteiger charge is -2.12. The van der Waals surface area contributed by atoms with Crippen molar-refractivity contribution in [3.63, 3.8) is 0 Å². The lowest BCUT2D eigenvalue weighted by Crippen LogP contribution is -2.31. The Morgan fingerprint density at radius 1 is 1.65 bits per heavy atom. The van der Waals surface area contributed by atoms with E-state index in [1.807, 2.05) is 13.2 Å². The molecule has 0 amide bonds. The van der Waals surface area contributed by atoms with Gasteiger partial charge in [0.05, 0.1) is 6.33 Å². The zero-order chi connectivity index (χ0) is 13.1. The Bertz CT molecular complexity index is 450. The van der Waals surface area contributed by atoms with Crippen molar-refractivity contribution in [2.45, 2.75) is 11.9 Å². The van der Waals surface area contributed by atoms with Crippen molar-refractivity contribution in [3.05, 3.63) is 6.33 Å². The van der Waals surface area contributed by atoms with Crippen molar-refractivity contribution < 1.29 is 8.42 Å². The Balaban J connectivity index is 2.76. The third-order valence-electron chi connectivity index (χ3n) is 2.24. The first kappa shape index (κ1) is 14.3. The lowest BCUT2D eigenvalue weighted by atomic mass is 10.2. The third-order valence-corrected chi connectivity index (χ3v) is 4.69. The molecule has 3 N–H and O–H groups in total. The van der Waals surface area contributed by atoms with Crippen molar-refractivity contribution >= 4 is 27.6 Å². The Labute approximate surface area is 106 Å². The van der Waals surface area contributed by atoms with Crippen molar-refractivity contribution in [3.8, 4) is 0 Å². The van der Waals surface area contributed by atoms with Gasteiger partial charge < -0.3 is 10.3 Å². The zero-order valence-electron chi connectivity index (χ0n) is 10.2. The molecule has 1 aromatic rings. The molecule has 0 radical (unpaired) electrons. The molecule has 1 rings (SSSR count). The number of nitrogen functional groups attached to an aromatic ring is 1. The Morgan fingerprint density at radius 2 is 2.29 bits per heavy atom. The van der Waals surface area contributed by atoms with Crippen LogP contribution >= 0.6 is 11.8 Å². The van der Waals surface area contributed by atoms with Crippen LogP contribution < -0.4 is 10.5 Å². The van der Waals surface area contributed by atoms with Crippen molar-refractivity contribution in [1.29, 1.82) is 0 Å². The molecule has 0 aliphatic carbocycles. The van der Waals surface area contributed by atoms with Gasteiger partial charge in [0.25, 0.3) is 10.0 Å². The maximum absolute atomic E-state index is 12.0. The fourth-order valence-electron chi connectivity index (χ4n) is 1.43. The average Bonchev–Trinajstić information content (AvgIpc) is 2.57. The van der Waals surface area contributed by atoms with Gasteiger partial charge in [-0.1, -0.05) is 6.92 Å². The zero-order valence-corrected chi connectivity index (χ0v) is 11.8. The van der Waals surface area contributed by atoms with Crippen LogP contribution in [0.5, 0.6) is 0 Å². The number of thioether (sulfide) groups is 1. The molecule has 0 bridgehead atoms. The van der Waals surface area contributed by atoms with Gasteiger partial charge in [0.1, 0.15) is 0 Å². The van der Waals surface area contributed by atoms with Crippen LogP contribution in [0.3, 0.4) is 0 Å². The van der Waals surface area contributed by atoms with Crippen LogP contribution in [0, 0.1) is 5.92 Å². The molecule has 0 spiro atoms. The van der Waals surface area contributed by atoms with E-state index >= 15 is 0 Å². The summed E-state index contributed by atoms with van der Waals surface area (Å²) in [5.41, 5.74) is 5.54. The second-order valence-corrected chi connectivity index (χ2v) is 6.55. The number of aromatic nitrogens is 2. The molecular weight excluding hydrogens is 260 g/mol. The van der Waals surface area contributed by atoms with E-state index in [1.54, 1.807) is 18.8 Å². The maximum Gasteiger partial charge on any atom is 0.260 e. The Kier molecular flexibility index (Phi) is 4.84. The predicted octanol–water partition coefficient (Wildman–Crippen LogP) is 0.280. The van der Waals surface area contributed by atoms with E-state index < -0.39 is 10.0 Å². The molecule has 1 heterocycles. The van der Waals surface area contributed by atoms with Crippen LogP contribution in [0.25, 0.3) is 0 Å². The van der Waals surface area contributed by atoms with E-state index in [-0.39, 0.29) is 16.8 Å². The smallest absolute Gasteiger partial charge is 0.260 e.